The van der Waals surface area contributed by atoms with E-state index >= 15 is 0 Å². The second-order valence-corrected chi connectivity index (χ2v) is 4.66. The fourth-order valence-corrected chi connectivity index (χ4v) is 1.77. The molecule has 0 saturated heterocycles. The molecule has 6 heteroatoms. The molecular weight excluding hydrogens is 242 g/mol. The Morgan fingerprint density at radius 3 is 2.68 bits per heavy atom. The van der Waals surface area contributed by atoms with E-state index in [0.717, 1.165) is 12.8 Å². The van der Waals surface area contributed by atoms with Gasteiger partial charge in [-0.25, -0.2) is 15.8 Å². The summed E-state index contributed by atoms with van der Waals surface area (Å²) in [5.41, 5.74) is 2.67. The number of nitrogens with two attached hydrogens (primary N) is 1. The van der Waals surface area contributed by atoms with Crippen molar-refractivity contribution in [2.24, 2.45) is 5.84 Å². The van der Waals surface area contributed by atoms with Gasteiger partial charge >= 0.3 is 0 Å². The summed E-state index contributed by atoms with van der Waals surface area (Å²) in [5.74, 6) is 5.42. The third-order valence-electron chi connectivity index (χ3n) is 2.90. The second-order valence-electron chi connectivity index (χ2n) is 4.66. The number of hydrogen-bond acceptors (Lipinski definition) is 5. The largest absolute Gasteiger partial charge is 0.348 e. The van der Waals surface area contributed by atoms with Crippen LogP contribution < -0.4 is 16.6 Å². The number of carbonyl (C=O) groups is 1. The molecular formula is C13H23N5O. The van der Waals surface area contributed by atoms with Gasteiger partial charge in [-0.1, -0.05) is 32.6 Å². The molecule has 1 heterocycles. The average molecular weight is 265 g/mol. The molecule has 1 amide bonds. The van der Waals surface area contributed by atoms with Crippen molar-refractivity contribution in [3.05, 3.63) is 18.1 Å². The van der Waals surface area contributed by atoms with Gasteiger partial charge in [0.25, 0.3) is 5.91 Å². The summed E-state index contributed by atoms with van der Waals surface area (Å²) in [6, 6.07) is 0.151. The van der Waals surface area contributed by atoms with Crippen LogP contribution in [-0.4, -0.2) is 21.9 Å². The summed E-state index contributed by atoms with van der Waals surface area (Å²) in [6.07, 6.45) is 8.65. The first-order valence-electron chi connectivity index (χ1n) is 6.77. The van der Waals surface area contributed by atoms with Crippen molar-refractivity contribution in [2.75, 3.05) is 5.43 Å². The summed E-state index contributed by atoms with van der Waals surface area (Å²) in [6.45, 7) is 4.19. The lowest BCUT2D eigenvalue weighted by molar-refractivity contribution is 0.0932. The fraction of sp³-hybridized carbons (Fsp3) is 0.615. The van der Waals surface area contributed by atoms with E-state index in [9.17, 15) is 4.79 Å². The number of hydrazine groups is 1. The van der Waals surface area contributed by atoms with E-state index in [2.05, 4.69) is 27.6 Å². The first kappa shape index (κ1) is 15.4. The zero-order valence-electron chi connectivity index (χ0n) is 11.6. The molecule has 106 valence electrons. The predicted octanol–water partition coefficient (Wildman–Crippen LogP) is 1.85. The first-order valence-corrected chi connectivity index (χ1v) is 6.77. The number of amides is 1. The van der Waals surface area contributed by atoms with Crippen molar-refractivity contribution in [1.82, 2.24) is 15.3 Å². The molecule has 0 bridgehead atoms. The minimum Gasteiger partial charge on any atom is -0.348 e. The van der Waals surface area contributed by atoms with Crippen LogP contribution in [0.5, 0.6) is 0 Å². The molecule has 0 aliphatic carbocycles. The Bertz CT molecular complexity index is 379. The Morgan fingerprint density at radius 2 is 2.11 bits per heavy atom. The van der Waals surface area contributed by atoms with Crippen LogP contribution in [0.25, 0.3) is 0 Å². The van der Waals surface area contributed by atoms with Crippen LogP contribution in [0.1, 0.15) is 56.4 Å². The number of nitrogens with one attached hydrogen (secondary N) is 2. The molecule has 1 atom stereocenters. The van der Waals surface area contributed by atoms with Crippen LogP contribution >= 0.6 is 0 Å². The van der Waals surface area contributed by atoms with Gasteiger partial charge in [0.15, 0.2) is 5.82 Å². The maximum absolute atomic E-state index is 11.9. The number of carbonyl (C=O) groups excluding carboxylic acids is 1. The minimum atomic E-state index is -0.195. The van der Waals surface area contributed by atoms with Crippen LogP contribution in [0.4, 0.5) is 5.82 Å². The van der Waals surface area contributed by atoms with Gasteiger partial charge in [-0.3, -0.25) is 4.79 Å². The summed E-state index contributed by atoms with van der Waals surface area (Å²) in [5, 5.41) is 2.92. The maximum Gasteiger partial charge on any atom is 0.271 e. The van der Waals surface area contributed by atoms with Gasteiger partial charge < -0.3 is 10.7 Å². The quantitative estimate of drug-likeness (QED) is 0.379. The molecule has 1 aromatic heterocycles. The van der Waals surface area contributed by atoms with E-state index in [4.69, 9.17) is 5.84 Å². The highest BCUT2D eigenvalue weighted by Gasteiger charge is 2.11. The van der Waals surface area contributed by atoms with Crippen molar-refractivity contribution in [1.29, 1.82) is 0 Å². The van der Waals surface area contributed by atoms with Gasteiger partial charge in [0.05, 0.1) is 12.4 Å². The topological polar surface area (TPSA) is 92.9 Å². The van der Waals surface area contributed by atoms with Crippen LogP contribution in [-0.2, 0) is 0 Å². The molecule has 19 heavy (non-hydrogen) atoms. The first-order chi connectivity index (χ1) is 9.17. The molecule has 0 aliphatic rings. The third kappa shape index (κ3) is 5.65. The normalized spacial score (nSPS) is 11.9. The van der Waals surface area contributed by atoms with Crippen LogP contribution in [0.3, 0.4) is 0 Å². The van der Waals surface area contributed by atoms with E-state index in [-0.39, 0.29) is 11.9 Å². The van der Waals surface area contributed by atoms with Gasteiger partial charge in [0.2, 0.25) is 0 Å². The van der Waals surface area contributed by atoms with Crippen molar-refractivity contribution in [3.63, 3.8) is 0 Å². The third-order valence-corrected chi connectivity index (χ3v) is 2.90. The zero-order valence-corrected chi connectivity index (χ0v) is 11.6. The number of unbranched alkanes of at least 4 members (excludes halogenated alkanes) is 3. The molecule has 4 N–H and O–H groups in total. The molecule has 6 nitrogen and oxygen atoms in total. The lowest BCUT2D eigenvalue weighted by atomic mass is 10.1. The van der Waals surface area contributed by atoms with E-state index in [1.807, 2.05) is 6.92 Å². The minimum absolute atomic E-state index is 0.151. The number of rotatable bonds is 8. The van der Waals surface area contributed by atoms with Crippen LogP contribution in [0.15, 0.2) is 12.4 Å². The van der Waals surface area contributed by atoms with Crippen LogP contribution in [0, 0.1) is 0 Å². The van der Waals surface area contributed by atoms with E-state index in [1.54, 1.807) is 0 Å². The Kier molecular flexibility index (Phi) is 6.81. The standard InChI is InChI=1S/C13H23N5O/c1-3-4-5-6-7-10(2)17-13(19)11-8-16-12(18-14)9-15-11/h8-10H,3-7,14H2,1-2H3,(H,16,18)(H,17,19). The molecule has 0 saturated carbocycles. The lowest BCUT2D eigenvalue weighted by Crippen LogP contribution is -2.33. The second kappa shape index (κ2) is 8.42. The van der Waals surface area contributed by atoms with Crippen molar-refractivity contribution < 1.29 is 4.79 Å². The SMILES string of the molecule is CCCCCCC(C)NC(=O)c1cnc(NN)cn1. The number of anilines is 1. The highest BCUT2D eigenvalue weighted by atomic mass is 16.1. The molecule has 1 unspecified atom stereocenters. The molecule has 0 aliphatic heterocycles. The van der Waals surface area contributed by atoms with Gasteiger partial charge in [-0.15, -0.1) is 0 Å². The molecule has 1 rings (SSSR count). The van der Waals surface area contributed by atoms with Gasteiger partial charge in [-0.05, 0) is 13.3 Å². The van der Waals surface area contributed by atoms with Gasteiger partial charge in [-0.2, -0.15) is 0 Å². The van der Waals surface area contributed by atoms with Gasteiger partial charge in [0, 0.05) is 6.04 Å². The number of hydrogen-bond donors (Lipinski definition) is 3. The molecule has 0 spiro atoms. The number of nitrogens with zero attached hydrogens (tertiary/aromatic N) is 2. The summed E-state index contributed by atoms with van der Waals surface area (Å²) < 4.78 is 0. The van der Waals surface area contributed by atoms with Crippen LogP contribution in [0.2, 0.25) is 0 Å². The molecule has 1 aromatic rings. The van der Waals surface area contributed by atoms with Crippen molar-refractivity contribution in [2.45, 2.75) is 52.0 Å². The Hall–Kier alpha value is -1.69. The molecule has 0 fully saturated rings. The summed E-state index contributed by atoms with van der Waals surface area (Å²) >= 11 is 0. The van der Waals surface area contributed by atoms with E-state index in [1.165, 1.54) is 31.7 Å². The van der Waals surface area contributed by atoms with Crippen molar-refractivity contribution >= 4 is 11.7 Å². The van der Waals surface area contributed by atoms with Crippen molar-refractivity contribution in [3.8, 4) is 0 Å². The fourth-order valence-electron chi connectivity index (χ4n) is 1.77. The van der Waals surface area contributed by atoms with E-state index in [0.29, 0.717) is 11.5 Å². The molecule has 0 radical (unpaired) electrons. The lowest BCUT2D eigenvalue weighted by Gasteiger charge is -2.13. The number of aromatic nitrogens is 2. The monoisotopic (exact) mass is 265 g/mol. The highest BCUT2D eigenvalue weighted by molar-refractivity contribution is 5.92. The zero-order chi connectivity index (χ0) is 14.1. The highest BCUT2D eigenvalue weighted by Crippen LogP contribution is 2.06. The Labute approximate surface area is 114 Å². The smallest absolute Gasteiger partial charge is 0.271 e. The predicted molar refractivity (Wildman–Crippen MR) is 75.5 cm³/mol. The maximum atomic E-state index is 11.9. The summed E-state index contributed by atoms with van der Waals surface area (Å²) in [4.78, 5) is 19.8. The summed E-state index contributed by atoms with van der Waals surface area (Å²) in [7, 11) is 0. The average Bonchev–Trinajstić information content (AvgIpc) is 2.43. The Balaban J connectivity index is 2.36. The Morgan fingerprint density at radius 1 is 1.32 bits per heavy atom. The molecule has 0 aromatic carbocycles. The number of nitrogen functional groups attached to an aromatic ring is 1. The van der Waals surface area contributed by atoms with Gasteiger partial charge in [0.1, 0.15) is 5.69 Å². The van der Waals surface area contributed by atoms with E-state index < -0.39 is 0 Å².